The number of anilines is 1. The molecule has 1 aliphatic rings. The number of nitrogen functional groups attached to an aromatic ring is 1. The number of likely N-dealkylation sites (N-methyl/N-ethyl adjacent to an activating group) is 1. The Balaban J connectivity index is 1.25. The zero-order valence-corrected chi connectivity index (χ0v) is 25.9. The first-order valence-electron chi connectivity index (χ1n) is 15.4. The first-order chi connectivity index (χ1) is 22.4. The molecule has 0 radical (unpaired) electrons. The van der Waals surface area contributed by atoms with E-state index in [0.29, 0.717) is 22.4 Å². The van der Waals surface area contributed by atoms with Gasteiger partial charge < -0.3 is 16.0 Å². The van der Waals surface area contributed by atoms with Gasteiger partial charge in [-0.05, 0) is 49.2 Å². The average Bonchev–Trinajstić information content (AvgIpc) is 3.68. The number of rotatable bonds is 8. The van der Waals surface area contributed by atoms with Gasteiger partial charge >= 0.3 is 0 Å². The summed E-state index contributed by atoms with van der Waals surface area (Å²) in [6.07, 6.45) is 7.12. The summed E-state index contributed by atoms with van der Waals surface area (Å²) in [5.74, 6) is -0.348. The lowest BCUT2D eigenvalue weighted by atomic mass is 9.99. The van der Waals surface area contributed by atoms with Crippen molar-refractivity contribution in [2.45, 2.75) is 19.5 Å². The number of carbonyl (C=O) groups is 1. The zero-order valence-electron chi connectivity index (χ0n) is 25.9. The number of nitrogens with zero attached hydrogens (tertiary/aromatic N) is 8. The number of hydrogen-bond donors (Lipinski definition) is 2. The third kappa shape index (κ3) is 5.52. The van der Waals surface area contributed by atoms with Crippen LogP contribution in [-0.2, 0) is 6.54 Å². The largest absolute Gasteiger partial charge is 0.381 e. The minimum Gasteiger partial charge on any atom is -0.381 e. The van der Waals surface area contributed by atoms with E-state index >= 15 is 0 Å². The van der Waals surface area contributed by atoms with E-state index in [1.54, 1.807) is 23.0 Å². The Morgan fingerprint density at radius 3 is 2.63 bits per heavy atom. The minimum atomic E-state index is -0.566. The van der Waals surface area contributed by atoms with Crippen molar-refractivity contribution < 1.29 is 4.79 Å². The lowest BCUT2D eigenvalue weighted by Crippen LogP contribution is -2.45. The van der Waals surface area contributed by atoms with Crippen molar-refractivity contribution >= 4 is 28.1 Å². The van der Waals surface area contributed by atoms with Crippen molar-refractivity contribution in [1.29, 1.82) is 0 Å². The van der Waals surface area contributed by atoms with Crippen molar-refractivity contribution in [2.75, 3.05) is 45.5 Å². The third-order valence-electron chi connectivity index (χ3n) is 8.72. The highest BCUT2D eigenvalue weighted by atomic mass is 16.2. The van der Waals surface area contributed by atoms with Crippen molar-refractivity contribution in [3.63, 3.8) is 0 Å². The van der Waals surface area contributed by atoms with E-state index < -0.39 is 11.9 Å². The van der Waals surface area contributed by atoms with E-state index in [9.17, 15) is 9.59 Å². The van der Waals surface area contributed by atoms with Crippen LogP contribution in [-0.4, -0.2) is 84.4 Å². The highest BCUT2D eigenvalue weighted by Crippen LogP contribution is 2.29. The van der Waals surface area contributed by atoms with E-state index in [2.05, 4.69) is 37.3 Å². The second kappa shape index (κ2) is 12.2. The molecule has 6 aromatic rings. The predicted octanol–water partition coefficient (Wildman–Crippen LogP) is 3.22. The molecule has 12 nitrogen and oxygen atoms in total. The predicted molar refractivity (Wildman–Crippen MR) is 178 cm³/mol. The average molecular weight is 617 g/mol. The van der Waals surface area contributed by atoms with Gasteiger partial charge in [0.1, 0.15) is 5.56 Å². The van der Waals surface area contributed by atoms with E-state index in [1.165, 1.54) is 4.52 Å². The van der Waals surface area contributed by atoms with Gasteiger partial charge in [-0.2, -0.15) is 5.10 Å². The normalized spacial score (nSPS) is 15.0. The lowest BCUT2D eigenvalue weighted by molar-refractivity contribution is 0.0941. The van der Waals surface area contributed by atoms with Gasteiger partial charge in [-0.1, -0.05) is 36.4 Å². The third-order valence-corrected chi connectivity index (χ3v) is 8.72. The van der Waals surface area contributed by atoms with Crippen LogP contribution in [0.4, 0.5) is 5.82 Å². The Labute approximate surface area is 265 Å². The number of aromatic nitrogens is 6. The summed E-state index contributed by atoms with van der Waals surface area (Å²) in [5, 5.41) is 13.3. The quantitative estimate of drug-likeness (QED) is 0.267. The van der Waals surface area contributed by atoms with Gasteiger partial charge in [-0.15, -0.1) is 5.10 Å². The van der Waals surface area contributed by atoms with E-state index in [-0.39, 0.29) is 16.9 Å². The van der Waals surface area contributed by atoms with Crippen molar-refractivity contribution in [3.05, 3.63) is 107 Å². The zero-order chi connectivity index (χ0) is 31.8. The van der Waals surface area contributed by atoms with Crippen LogP contribution in [0, 0.1) is 0 Å². The van der Waals surface area contributed by atoms with Gasteiger partial charge in [0.15, 0.2) is 11.5 Å². The molecule has 1 fully saturated rings. The smallest absolute Gasteiger partial charge is 0.263 e. The fourth-order valence-corrected chi connectivity index (χ4v) is 6.19. The first-order valence-corrected chi connectivity index (χ1v) is 15.4. The Bertz CT molecular complexity index is 2090. The molecule has 1 atom stereocenters. The van der Waals surface area contributed by atoms with Crippen LogP contribution in [0.15, 0.2) is 90.2 Å². The Morgan fingerprint density at radius 1 is 1.02 bits per heavy atom. The van der Waals surface area contributed by atoms with E-state index in [1.807, 2.05) is 78.6 Å². The Hall–Kier alpha value is -5.33. The number of benzene rings is 2. The van der Waals surface area contributed by atoms with Gasteiger partial charge in [0.05, 0.1) is 24.2 Å². The molecule has 1 aliphatic heterocycles. The van der Waals surface area contributed by atoms with Crippen molar-refractivity contribution in [3.8, 4) is 16.8 Å². The molecule has 2 aromatic carbocycles. The summed E-state index contributed by atoms with van der Waals surface area (Å²) in [5.41, 5.74) is 9.50. The van der Waals surface area contributed by atoms with Crippen LogP contribution in [0.3, 0.4) is 0 Å². The summed E-state index contributed by atoms with van der Waals surface area (Å²) in [7, 11) is 2.16. The van der Waals surface area contributed by atoms with Gasteiger partial charge in [0.25, 0.3) is 11.5 Å². The number of nitrogens with one attached hydrogen (secondary N) is 1. The second-order valence-electron chi connectivity index (χ2n) is 11.8. The first kappa shape index (κ1) is 29.4. The SMILES string of the molecule is CC(NC(=O)c1c(N)nn2cccnc12)c1cc2cccc(-c3cnn(CCN4CCN(C)CC4)c3)c2c(=O)n1-c1ccccc1. The number of para-hydroxylation sites is 1. The fraction of sp³-hybridized carbons (Fsp3) is 0.265. The summed E-state index contributed by atoms with van der Waals surface area (Å²) < 4.78 is 5.10. The molecule has 46 heavy (non-hydrogen) atoms. The van der Waals surface area contributed by atoms with Crippen LogP contribution in [0.2, 0.25) is 0 Å². The molecule has 0 bridgehead atoms. The minimum absolute atomic E-state index is 0.0797. The molecular formula is C34H36N10O2. The van der Waals surface area contributed by atoms with Crippen LogP contribution in [0.25, 0.3) is 33.2 Å². The fourth-order valence-electron chi connectivity index (χ4n) is 6.19. The number of pyridine rings is 1. The molecule has 1 amide bonds. The highest BCUT2D eigenvalue weighted by Gasteiger charge is 2.24. The molecule has 4 aromatic heterocycles. The molecule has 0 saturated carbocycles. The lowest BCUT2D eigenvalue weighted by Gasteiger charge is -2.32. The molecule has 1 saturated heterocycles. The van der Waals surface area contributed by atoms with Crippen LogP contribution in [0.5, 0.6) is 0 Å². The van der Waals surface area contributed by atoms with Crippen molar-refractivity contribution in [1.82, 2.24) is 44.1 Å². The Kier molecular flexibility index (Phi) is 7.81. The monoisotopic (exact) mass is 616 g/mol. The summed E-state index contributed by atoms with van der Waals surface area (Å²) in [4.78, 5) is 37.2. The number of amides is 1. The van der Waals surface area contributed by atoms with Crippen LogP contribution < -0.4 is 16.6 Å². The van der Waals surface area contributed by atoms with E-state index in [0.717, 1.165) is 55.8 Å². The van der Waals surface area contributed by atoms with Gasteiger partial charge in [-0.3, -0.25) is 23.7 Å². The maximum Gasteiger partial charge on any atom is 0.263 e. The van der Waals surface area contributed by atoms with Crippen molar-refractivity contribution in [2.24, 2.45) is 0 Å². The molecule has 0 spiro atoms. The second-order valence-corrected chi connectivity index (χ2v) is 11.8. The molecule has 5 heterocycles. The van der Waals surface area contributed by atoms with Crippen LogP contribution in [0.1, 0.15) is 29.0 Å². The number of carbonyl (C=O) groups excluding carboxylic acids is 1. The maximum absolute atomic E-state index is 14.5. The molecule has 3 N–H and O–H groups in total. The number of nitrogens with two attached hydrogens (primary N) is 1. The number of hydrogen-bond acceptors (Lipinski definition) is 8. The van der Waals surface area contributed by atoms with Gasteiger partial charge in [0, 0.05) is 68.3 Å². The molecule has 7 rings (SSSR count). The van der Waals surface area contributed by atoms with Crippen LogP contribution >= 0.6 is 0 Å². The summed E-state index contributed by atoms with van der Waals surface area (Å²) in [6, 6.07) is 18.4. The van der Waals surface area contributed by atoms with Gasteiger partial charge in [0.2, 0.25) is 0 Å². The molecule has 1 unspecified atom stereocenters. The molecule has 234 valence electrons. The van der Waals surface area contributed by atoms with E-state index in [4.69, 9.17) is 5.73 Å². The molecule has 0 aliphatic carbocycles. The highest BCUT2D eigenvalue weighted by molar-refractivity contribution is 6.04. The standard InChI is InChI=1S/C34H36N10O2/c1-23(38-33(45)30-31(35)39-43-13-7-12-36-32(30)43)28-20-24-8-6-11-27(29(24)34(46)44(28)26-9-4-3-5-10-26)25-21-37-42(22-25)19-18-41-16-14-40(2)15-17-41/h3-13,20-23H,14-19H2,1-2H3,(H2,35,39)(H,38,45). The topological polar surface area (TPSA) is 132 Å². The molecular weight excluding hydrogens is 580 g/mol. The Morgan fingerprint density at radius 2 is 1.83 bits per heavy atom. The molecule has 12 heteroatoms. The summed E-state index contributed by atoms with van der Waals surface area (Å²) >= 11 is 0. The summed E-state index contributed by atoms with van der Waals surface area (Å²) in [6.45, 7) is 7.80. The number of piperazine rings is 1. The number of fused-ring (bicyclic) bond motifs is 2. The van der Waals surface area contributed by atoms with Gasteiger partial charge in [-0.25, -0.2) is 9.50 Å². The maximum atomic E-state index is 14.5.